The molecule has 0 bridgehead atoms. The van der Waals surface area contributed by atoms with Crippen molar-refractivity contribution in [1.29, 1.82) is 0 Å². The highest BCUT2D eigenvalue weighted by Gasteiger charge is 2.54. The van der Waals surface area contributed by atoms with E-state index in [-0.39, 0.29) is 30.1 Å². The molecule has 19 heavy (non-hydrogen) atoms. The Kier molecular flexibility index (Phi) is 4.38. The highest BCUT2D eigenvalue weighted by molar-refractivity contribution is 6.05. The maximum atomic E-state index is 12.4. The number of hydrogen-bond donors (Lipinski definition) is 0. The first-order chi connectivity index (χ1) is 9.11. The first-order valence-electron chi connectivity index (χ1n) is 7.33. The van der Waals surface area contributed by atoms with Gasteiger partial charge in [-0.15, -0.1) is 0 Å². The van der Waals surface area contributed by atoms with Crippen molar-refractivity contribution >= 4 is 17.5 Å². The summed E-state index contributed by atoms with van der Waals surface area (Å²) in [5.41, 5.74) is -1.02. The van der Waals surface area contributed by atoms with Gasteiger partial charge in [-0.1, -0.05) is 6.42 Å². The quantitative estimate of drug-likeness (QED) is 0.581. The lowest BCUT2D eigenvalue weighted by Crippen LogP contribution is -2.50. The van der Waals surface area contributed by atoms with Crippen molar-refractivity contribution in [2.24, 2.45) is 11.3 Å². The number of hydrogen-bond acceptors (Lipinski definition) is 4. The summed E-state index contributed by atoms with van der Waals surface area (Å²) in [5.74, 6) is -0.352. The first kappa shape index (κ1) is 14.2. The summed E-state index contributed by atoms with van der Waals surface area (Å²) in [7, 11) is 0. The van der Waals surface area contributed by atoms with Crippen LogP contribution in [-0.2, 0) is 19.1 Å². The van der Waals surface area contributed by atoms with Crippen molar-refractivity contribution < 1.29 is 19.1 Å². The molecular formula is C15H22O4. The van der Waals surface area contributed by atoms with E-state index in [2.05, 4.69) is 0 Å². The minimum atomic E-state index is -1.02. The number of ether oxygens (including phenoxy) is 1. The Morgan fingerprint density at radius 1 is 1.26 bits per heavy atom. The Hall–Kier alpha value is -1.19. The second kappa shape index (κ2) is 5.85. The monoisotopic (exact) mass is 266 g/mol. The maximum Gasteiger partial charge on any atom is 0.319 e. The molecule has 0 amide bonds. The van der Waals surface area contributed by atoms with Crippen LogP contribution in [0.15, 0.2) is 0 Å². The van der Waals surface area contributed by atoms with Gasteiger partial charge >= 0.3 is 5.97 Å². The second-order valence-electron chi connectivity index (χ2n) is 5.65. The molecule has 2 unspecified atom stereocenters. The van der Waals surface area contributed by atoms with E-state index < -0.39 is 5.41 Å². The maximum absolute atomic E-state index is 12.4. The van der Waals surface area contributed by atoms with Crippen molar-refractivity contribution in [2.75, 3.05) is 6.61 Å². The van der Waals surface area contributed by atoms with Crippen LogP contribution in [0.2, 0.25) is 0 Å². The molecule has 0 saturated heterocycles. The zero-order valence-electron chi connectivity index (χ0n) is 11.6. The van der Waals surface area contributed by atoms with Gasteiger partial charge in [0.05, 0.1) is 6.61 Å². The SMILES string of the molecule is CCOC(=O)C1(C2CCCC(=O)C2)CCCCC1=O. The molecular weight excluding hydrogens is 244 g/mol. The van der Waals surface area contributed by atoms with E-state index >= 15 is 0 Å². The minimum Gasteiger partial charge on any atom is -0.465 e. The topological polar surface area (TPSA) is 60.4 Å². The van der Waals surface area contributed by atoms with Crippen molar-refractivity contribution in [3.05, 3.63) is 0 Å². The fourth-order valence-corrected chi connectivity index (χ4v) is 3.57. The summed E-state index contributed by atoms with van der Waals surface area (Å²) < 4.78 is 5.17. The molecule has 0 spiro atoms. The zero-order valence-corrected chi connectivity index (χ0v) is 11.6. The molecule has 0 aromatic rings. The van der Waals surface area contributed by atoms with E-state index in [0.29, 0.717) is 25.7 Å². The van der Waals surface area contributed by atoms with Crippen molar-refractivity contribution in [1.82, 2.24) is 0 Å². The lowest BCUT2D eigenvalue weighted by Gasteiger charge is -2.41. The van der Waals surface area contributed by atoms with Gasteiger partial charge in [-0.05, 0) is 38.5 Å². The van der Waals surface area contributed by atoms with Crippen LogP contribution in [0, 0.1) is 11.3 Å². The van der Waals surface area contributed by atoms with Gasteiger partial charge in [-0.2, -0.15) is 0 Å². The van der Waals surface area contributed by atoms with Crippen LogP contribution in [0.3, 0.4) is 0 Å². The largest absolute Gasteiger partial charge is 0.465 e. The van der Waals surface area contributed by atoms with Gasteiger partial charge < -0.3 is 4.74 Å². The Bertz CT molecular complexity index is 388. The van der Waals surface area contributed by atoms with Crippen LogP contribution in [0.5, 0.6) is 0 Å². The summed E-state index contributed by atoms with van der Waals surface area (Å²) in [6.07, 6.45) is 5.25. The third-order valence-electron chi connectivity index (χ3n) is 4.54. The molecule has 4 nitrogen and oxygen atoms in total. The van der Waals surface area contributed by atoms with Crippen molar-refractivity contribution in [3.8, 4) is 0 Å². The van der Waals surface area contributed by atoms with Gasteiger partial charge in [0.2, 0.25) is 0 Å². The normalized spacial score (nSPS) is 32.2. The van der Waals surface area contributed by atoms with Gasteiger partial charge in [-0.25, -0.2) is 0 Å². The Morgan fingerprint density at radius 2 is 2.05 bits per heavy atom. The van der Waals surface area contributed by atoms with E-state index in [0.717, 1.165) is 25.7 Å². The average Bonchev–Trinajstić information content (AvgIpc) is 2.39. The second-order valence-corrected chi connectivity index (χ2v) is 5.65. The number of carbonyl (C=O) groups is 3. The number of rotatable bonds is 3. The minimum absolute atomic E-state index is 0.00287. The van der Waals surface area contributed by atoms with Gasteiger partial charge in [0.15, 0.2) is 0 Å². The summed E-state index contributed by atoms with van der Waals surface area (Å²) >= 11 is 0. The number of Topliss-reactive ketones (excluding diaryl/α,β-unsaturated/α-hetero) is 2. The third-order valence-corrected chi connectivity index (χ3v) is 4.54. The van der Waals surface area contributed by atoms with Crippen LogP contribution >= 0.6 is 0 Å². The fraction of sp³-hybridized carbons (Fsp3) is 0.800. The summed E-state index contributed by atoms with van der Waals surface area (Å²) in [4.78, 5) is 36.5. The van der Waals surface area contributed by atoms with E-state index in [4.69, 9.17) is 4.74 Å². The Morgan fingerprint density at radius 3 is 2.68 bits per heavy atom. The molecule has 0 aromatic carbocycles. The van der Waals surface area contributed by atoms with Crippen LogP contribution in [-0.4, -0.2) is 24.1 Å². The van der Waals surface area contributed by atoms with Gasteiger partial charge in [0.25, 0.3) is 0 Å². The lowest BCUT2D eigenvalue weighted by atomic mass is 9.61. The van der Waals surface area contributed by atoms with Crippen LogP contribution in [0.4, 0.5) is 0 Å². The summed E-state index contributed by atoms with van der Waals surface area (Å²) in [6, 6.07) is 0. The summed E-state index contributed by atoms with van der Waals surface area (Å²) in [5, 5.41) is 0. The Labute approximate surface area is 113 Å². The smallest absolute Gasteiger partial charge is 0.319 e. The van der Waals surface area contributed by atoms with Crippen LogP contribution < -0.4 is 0 Å². The van der Waals surface area contributed by atoms with Crippen molar-refractivity contribution in [3.63, 3.8) is 0 Å². The average molecular weight is 266 g/mol. The predicted molar refractivity (Wildman–Crippen MR) is 69.5 cm³/mol. The molecule has 0 heterocycles. The highest BCUT2D eigenvalue weighted by atomic mass is 16.5. The van der Waals surface area contributed by atoms with Gasteiger partial charge in [-0.3, -0.25) is 14.4 Å². The molecule has 106 valence electrons. The molecule has 2 rings (SSSR count). The fourth-order valence-electron chi connectivity index (χ4n) is 3.57. The molecule has 0 N–H and O–H groups in total. The molecule has 2 atom stereocenters. The molecule has 0 aromatic heterocycles. The molecule has 2 fully saturated rings. The van der Waals surface area contributed by atoms with Gasteiger partial charge in [0, 0.05) is 19.3 Å². The molecule has 0 aliphatic heterocycles. The molecule has 0 radical (unpaired) electrons. The standard InChI is InChI=1S/C15H22O4/c1-2-19-14(18)15(9-4-3-8-13(15)17)11-6-5-7-12(16)10-11/h11H,2-10H2,1H3. The highest BCUT2D eigenvalue weighted by Crippen LogP contribution is 2.46. The number of esters is 1. The number of ketones is 2. The van der Waals surface area contributed by atoms with Crippen LogP contribution in [0.1, 0.15) is 58.3 Å². The van der Waals surface area contributed by atoms with E-state index in [1.165, 1.54) is 0 Å². The van der Waals surface area contributed by atoms with Crippen molar-refractivity contribution in [2.45, 2.75) is 58.3 Å². The molecule has 2 saturated carbocycles. The van der Waals surface area contributed by atoms with Gasteiger partial charge in [0.1, 0.15) is 17.0 Å². The van der Waals surface area contributed by atoms with Crippen LogP contribution in [0.25, 0.3) is 0 Å². The van der Waals surface area contributed by atoms with E-state index in [1.54, 1.807) is 6.92 Å². The van der Waals surface area contributed by atoms with E-state index in [9.17, 15) is 14.4 Å². The predicted octanol–water partition coefficient (Wildman–Crippen LogP) is 2.44. The zero-order chi connectivity index (χ0) is 13.9. The molecule has 4 heteroatoms. The first-order valence-corrected chi connectivity index (χ1v) is 7.33. The lowest BCUT2D eigenvalue weighted by molar-refractivity contribution is -0.168. The molecule has 2 aliphatic carbocycles. The third kappa shape index (κ3) is 2.58. The number of carbonyl (C=O) groups excluding carboxylic acids is 3. The Balaban J connectivity index is 2.29. The summed E-state index contributed by atoms with van der Waals surface area (Å²) in [6.45, 7) is 2.04. The molecule has 2 aliphatic rings. The van der Waals surface area contributed by atoms with E-state index in [1.807, 2.05) is 0 Å².